The Morgan fingerprint density at radius 3 is 2.85 bits per heavy atom. The molecule has 13 heavy (non-hydrogen) atoms. The first-order valence-corrected chi connectivity index (χ1v) is 4.79. The van der Waals surface area contributed by atoms with E-state index in [4.69, 9.17) is 5.73 Å². The molecule has 3 N–H and O–H groups in total. The van der Waals surface area contributed by atoms with Crippen molar-refractivity contribution in [3.63, 3.8) is 0 Å². The molecule has 1 rings (SSSR count). The number of rotatable bonds is 3. The Morgan fingerprint density at radius 2 is 2.31 bits per heavy atom. The maximum absolute atomic E-state index is 9.25. The van der Waals surface area contributed by atoms with Gasteiger partial charge in [0.1, 0.15) is 5.75 Å². The Balaban J connectivity index is 2.89. The summed E-state index contributed by atoms with van der Waals surface area (Å²) in [4.78, 5) is 0. The molecule has 70 valence electrons. The van der Waals surface area contributed by atoms with Crippen molar-refractivity contribution in [3.05, 3.63) is 40.9 Å². The standard InChI is InChI=1S/C10H12BrNO/c1-2-3-9(12)7-4-5-10(13)8(11)6-7/h2,4-6,9,13H,1,3,12H2/t9-/m0/s1. The topological polar surface area (TPSA) is 46.2 Å². The Hall–Kier alpha value is -0.800. The normalized spacial score (nSPS) is 12.5. The summed E-state index contributed by atoms with van der Waals surface area (Å²) < 4.78 is 0.671. The highest BCUT2D eigenvalue weighted by Crippen LogP contribution is 2.27. The Labute approximate surface area is 86.2 Å². The fraction of sp³-hybridized carbons (Fsp3) is 0.200. The average molecular weight is 242 g/mol. The lowest BCUT2D eigenvalue weighted by molar-refractivity contribution is 0.471. The molecule has 3 heteroatoms. The van der Waals surface area contributed by atoms with E-state index < -0.39 is 0 Å². The number of phenols is 1. The minimum Gasteiger partial charge on any atom is -0.507 e. The van der Waals surface area contributed by atoms with Crippen LogP contribution in [0.3, 0.4) is 0 Å². The van der Waals surface area contributed by atoms with Gasteiger partial charge in [0.05, 0.1) is 4.47 Å². The SMILES string of the molecule is C=CC[C@H](N)c1ccc(O)c(Br)c1. The molecule has 0 heterocycles. The van der Waals surface area contributed by atoms with Crippen LogP contribution in [0, 0.1) is 0 Å². The summed E-state index contributed by atoms with van der Waals surface area (Å²) in [7, 11) is 0. The van der Waals surface area contributed by atoms with E-state index in [9.17, 15) is 5.11 Å². The second kappa shape index (κ2) is 4.44. The summed E-state index contributed by atoms with van der Waals surface area (Å²) in [6.45, 7) is 3.63. The van der Waals surface area contributed by atoms with E-state index in [-0.39, 0.29) is 11.8 Å². The van der Waals surface area contributed by atoms with Gasteiger partial charge in [-0.15, -0.1) is 6.58 Å². The van der Waals surface area contributed by atoms with E-state index in [2.05, 4.69) is 22.5 Å². The molecule has 0 fully saturated rings. The van der Waals surface area contributed by atoms with Crippen LogP contribution in [0.4, 0.5) is 0 Å². The molecule has 0 aliphatic heterocycles. The molecule has 0 aliphatic rings. The van der Waals surface area contributed by atoms with Crippen molar-refractivity contribution in [2.75, 3.05) is 0 Å². The molecular formula is C10H12BrNO. The molecule has 2 nitrogen and oxygen atoms in total. The van der Waals surface area contributed by atoms with Crippen molar-refractivity contribution in [1.29, 1.82) is 0 Å². The lowest BCUT2D eigenvalue weighted by Gasteiger charge is -2.09. The second-order valence-electron chi connectivity index (χ2n) is 2.84. The zero-order valence-corrected chi connectivity index (χ0v) is 8.79. The third-order valence-corrected chi connectivity index (χ3v) is 2.46. The van der Waals surface area contributed by atoms with Crippen LogP contribution in [0.25, 0.3) is 0 Å². The maximum atomic E-state index is 9.25. The van der Waals surface area contributed by atoms with Crippen LogP contribution in [0.2, 0.25) is 0 Å². The molecule has 0 aliphatic carbocycles. The van der Waals surface area contributed by atoms with E-state index in [1.54, 1.807) is 12.1 Å². The first-order valence-electron chi connectivity index (χ1n) is 4.00. The van der Waals surface area contributed by atoms with E-state index in [1.165, 1.54) is 0 Å². The summed E-state index contributed by atoms with van der Waals surface area (Å²) in [5, 5.41) is 9.25. The highest BCUT2D eigenvalue weighted by Gasteiger charge is 2.05. The maximum Gasteiger partial charge on any atom is 0.129 e. The second-order valence-corrected chi connectivity index (χ2v) is 3.70. The molecule has 0 saturated carbocycles. The molecule has 0 bridgehead atoms. The van der Waals surface area contributed by atoms with Crippen molar-refractivity contribution in [1.82, 2.24) is 0 Å². The number of hydrogen-bond donors (Lipinski definition) is 2. The predicted molar refractivity (Wildman–Crippen MR) is 57.5 cm³/mol. The number of phenolic OH excluding ortho intramolecular Hbond substituents is 1. The summed E-state index contributed by atoms with van der Waals surface area (Å²) in [6, 6.07) is 5.22. The van der Waals surface area contributed by atoms with Gasteiger partial charge in [-0.05, 0) is 40.0 Å². The lowest BCUT2D eigenvalue weighted by atomic mass is 10.1. The van der Waals surface area contributed by atoms with Gasteiger partial charge in [-0.1, -0.05) is 12.1 Å². The van der Waals surface area contributed by atoms with Crippen molar-refractivity contribution >= 4 is 15.9 Å². The molecule has 0 amide bonds. The number of hydrogen-bond acceptors (Lipinski definition) is 2. The Morgan fingerprint density at radius 1 is 1.62 bits per heavy atom. The van der Waals surface area contributed by atoms with Gasteiger partial charge in [0.2, 0.25) is 0 Å². The van der Waals surface area contributed by atoms with Crippen LogP contribution in [0.1, 0.15) is 18.0 Å². The number of nitrogens with two attached hydrogens (primary N) is 1. The molecule has 0 aromatic heterocycles. The molecular weight excluding hydrogens is 230 g/mol. The van der Waals surface area contributed by atoms with Crippen molar-refractivity contribution in [3.8, 4) is 5.75 Å². The summed E-state index contributed by atoms with van der Waals surface area (Å²) >= 11 is 3.23. The van der Waals surface area contributed by atoms with Gasteiger partial charge in [0.25, 0.3) is 0 Å². The highest BCUT2D eigenvalue weighted by atomic mass is 79.9. The van der Waals surface area contributed by atoms with Gasteiger partial charge < -0.3 is 10.8 Å². The highest BCUT2D eigenvalue weighted by molar-refractivity contribution is 9.10. The van der Waals surface area contributed by atoms with E-state index >= 15 is 0 Å². The molecule has 1 aromatic carbocycles. The monoisotopic (exact) mass is 241 g/mol. The van der Waals surface area contributed by atoms with Gasteiger partial charge in [-0.2, -0.15) is 0 Å². The molecule has 0 spiro atoms. The van der Waals surface area contributed by atoms with Crippen LogP contribution in [-0.2, 0) is 0 Å². The molecule has 0 saturated heterocycles. The van der Waals surface area contributed by atoms with E-state index in [1.807, 2.05) is 12.1 Å². The van der Waals surface area contributed by atoms with Crippen LogP contribution in [0.5, 0.6) is 5.75 Å². The minimum atomic E-state index is -0.0469. The Bertz CT molecular complexity index is 312. The quantitative estimate of drug-likeness (QED) is 0.800. The van der Waals surface area contributed by atoms with Crippen molar-refractivity contribution in [2.45, 2.75) is 12.5 Å². The van der Waals surface area contributed by atoms with Gasteiger partial charge in [0, 0.05) is 6.04 Å². The summed E-state index contributed by atoms with van der Waals surface area (Å²) in [5.41, 5.74) is 6.84. The first kappa shape index (κ1) is 10.3. The molecule has 0 radical (unpaired) electrons. The fourth-order valence-electron chi connectivity index (χ4n) is 1.07. The Kier molecular flexibility index (Phi) is 3.51. The fourth-order valence-corrected chi connectivity index (χ4v) is 1.47. The van der Waals surface area contributed by atoms with Gasteiger partial charge >= 0.3 is 0 Å². The van der Waals surface area contributed by atoms with Gasteiger partial charge in [-0.25, -0.2) is 0 Å². The van der Waals surface area contributed by atoms with Crippen molar-refractivity contribution in [2.24, 2.45) is 5.73 Å². The van der Waals surface area contributed by atoms with Gasteiger partial charge in [0.15, 0.2) is 0 Å². The molecule has 0 unspecified atom stereocenters. The van der Waals surface area contributed by atoms with Crippen LogP contribution < -0.4 is 5.73 Å². The third kappa shape index (κ3) is 2.57. The average Bonchev–Trinajstić information content (AvgIpc) is 2.10. The lowest BCUT2D eigenvalue weighted by Crippen LogP contribution is -2.08. The van der Waals surface area contributed by atoms with Crippen molar-refractivity contribution < 1.29 is 5.11 Å². The van der Waals surface area contributed by atoms with Crippen LogP contribution in [-0.4, -0.2) is 5.11 Å². The number of benzene rings is 1. The van der Waals surface area contributed by atoms with E-state index in [0.717, 1.165) is 12.0 Å². The zero-order chi connectivity index (χ0) is 9.84. The zero-order valence-electron chi connectivity index (χ0n) is 7.20. The van der Waals surface area contributed by atoms with E-state index in [0.29, 0.717) is 4.47 Å². The molecule has 1 atom stereocenters. The number of aromatic hydroxyl groups is 1. The molecule has 1 aromatic rings. The summed E-state index contributed by atoms with van der Waals surface area (Å²) in [5.74, 6) is 0.231. The largest absolute Gasteiger partial charge is 0.507 e. The smallest absolute Gasteiger partial charge is 0.129 e. The predicted octanol–water partition coefficient (Wildman–Crippen LogP) is 2.73. The first-order chi connectivity index (χ1) is 6.15. The summed E-state index contributed by atoms with van der Waals surface area (Å²) in [6.07, 6.45) is 2.52. The van der Waals surface area contributed by atoms with Gasteiger partial charge in [-0.3, -0.25) is 0 Å². The third-order valence-electron chi connectivity index (χ3n) is 1.82. The van der Waals surface area contributed by atoms with Crippen LogP contribution >= 0.6 is 15.9 Å². The number of halogens is 1. The van der Waals surface area contributed by atoms with Crippen LogP contribution in [0.15, 0.2) is 35.3 Å². The minimum absolute atomic E-state index is 0.0469.